The molecule has 0 spiro atoms. The molecule has 88 valence electrons. The molecule has 0 aliphatic heterocycles. The van der Waals surface area contributed by atoms with Gasteiger partial charge >= 0.3 is 0 Å². The minimum atomic E-state index is 1.05. The molecule has 0 saturated carbocycles. The van der Waals surface area contributed by atoms with Gasteiger partial charge in [-0.15, -0.1) is 0 Å². The van der Waals surface area contributed by atoms with E-state index in [0.717, 1.165) is 5.57 Å². The van der Waals surface area contributed by atoms with Crippen LogP contribution < -0.4 is 0 Å². The van der Waals surface area contributed by atoms with Crippen LogP contribution in [0.5, 0.6) is 0 Å². The van der Waals surface area contributed by atoms with Crippen LogP contribution in [0.25, 0.3) is 5.57 Å². The van der Waals surface area contributed by atoms with E-state index in [2.05, 4.69) is 37.4 Å². The summed E-state index contributed by atoms with van der Waals surface area (Å²) in [6, 6.07) is 20.6. The number of rotatable bonds is 4. The lowest BCUT2D eigenvalue weighted by molar-refractivity contribution is 1.52. The molecule has 2 aromatic rings. The Morgan fingerprint density at radius 2 is 1.06 bits per heavy atom. The third-order valence-corrected chi connectivity index (χ3v) is 2.85. The highest BCUT2D eigenvalue weighted by molar-refractivity contribution is 5.84. The van der Waals surface area contributed by atoms with Crippen molar-refractivity contribution in [1.29, 1.82) is 0 Å². The van der Waals surface area contributed by atoms with Crippen LogP contribution in [0.2, 0.25) is 0 Å². The van der Waals surface area contributed by atoms with E-state index >= 15 is 0 Å². The predicted molar refractivity (Wildman–Crippen MR) is 79.3 cm³/mol. The molecule has 0 amide bonds. The van der Waals surface area contributed by atoms with Gasteiger partial charge < -0.3 is 0 Å². The Hall–Kier alpha value is -2.34. The van der Waals surface area contributed by atoms with Crippen molar-refractivity contribution in [3.63, 3.8) is 0 Å². The highest BCUT2D eigenvalue weighted by atomic mass is 14.1. The third kappa shape index (κ3) is 2.49. The lowest BCUT2D eigenvalue weighted by Crippen LogP contribution is -1.91. The van der Waals surface area contributed by atoms with Gasteiger partial charge in [0.1, 0.15) is 0 Å². The van der Waals surface area contributed by atoms with Crippen molar-refractivity contribution in [3.8, 4) is 0 Å². The van der Waals surface area contributed by atoms with E-state index in [1.54, 1.807) is 0 Å². The van der Waals surface area contributed by atoms with E-state index in [0.29, 0.717) is 0 Å². The van der Waals surface area contributed by atoms with E-state index < -0.39 is 0 Å². The fourth-order valence-electron chi connectivity index (χ4n) is 2.00. The molecule has 0 heterocycles. The quantitative estimate of drug-likeness (QED) is 0.660. The number of hydrogen-bond donors (Lipinski definition) is 0. The summed E-state index contributed by atoms with van der Waals surface area (Å²) < 4.78 is 0. The van der Waals surface area contributed by atoms with Crippen molar-refractivity contribution in [3.05, 3.63) is 103 Å². The minimum Gasteiger partial charge on any atom is -0.0984 e. The van der Waals surface area contributed by atoms with E-state index in [9.17, 15) is 0 Å². The van der Waals surface area contributed by atoms with Crippen LogP contribution in [0.15, 0.2) is 91.5 Å². The molecule has 0 N–H and O–H groups in total. The standard InChI is InChI=1S/C18H16/c1-3-15(4-2)18(16-11-7-5-8-12-16)17-13-9-6-10-14-17/h3-14H,1-2H2. The molecule has 0 aromatic heterocycles. The third-order valence-electron chi connectivity index (χ3n) is 2.85. The van der Waals surface area contributed by atoms with Crippen molar-refractivity contribution in [2.75, 3.05) is 0 Å². The maximum atomic E-state index is 3.87. The summed E-state index contributed by atoms with van der Waals surface area (Å²) in [5, 5.41) is 0. The first-order valence-electron chi connectivity index (χ1n) is 5.97. The zero-order valence-corrected chi connectivity index (χ0v) is 10.3. The average Bonchev–Trinajstić information content (AvgIpc) is 2.46. The SMILES string of the molecule is C=CC(C=C)=C(c1ccccc1)c1ccccc1. The summed E-state index contributed by atoms with van der Waals surface area (Å²) in [4.78, 5) is 0. The van der Waals surface area contributed by atoms with Gasteiger partial charge in [-0.1, -0.05) is 86.0 Å². The molecule has 0 atom stereocenters. The Labute approximate surface area is 109 Å². The summed E-state index contributed by atoms with van der Waals surface area (Å²) in [6.07, 6.45) is 3.70. The molecule has 0 radical (unpaired) electrons. The van der Waals surface area contributed by atoms with Crippen LogP contribution >= 0.6 is 0 Å². The van der Waals surface area contributed by atoms with Crippen LogP contribution in [0.1, 0.15) is 11.1 Å². The van der Waals surface area contributed by atoms with Gasteiger partial charge in [-0.25, -0.2) is 0 Å². The number of hydrogen-bond acceptors (Lipinski definition) is 0. The normalized spacial score (nSPS) is 9.56. The first kappa shape index (κ1) is 12.1. The molecule has 2 aromatic carbocycles. The molecule has 0 unspecified atom stereocenters. The summed E-state index contributed by atoms with van der Waals surface area (Å²) in [6.45, 7) is 7.75. The smallest absolute Gasteiger partial charge is 0.00393 e. The van der Waals surface area contributed by atoms with E-state index in [1.165, 1.54) is 16.7 Å². The summed E-state index contributed by atoms with van der Waals surface area (Å²) in [5.74, 6) is 0. The van der Waals surface area contributed by atoms with Gasteiger partial charge in [0.25, 0.3) is 0 Å². The predicted octanol–water partition coefficient (Wildman–Crippen LogP) is 4.86. The van der Waals surface area contributed by atoms with Gasteiger partial charge in [-0.3, -0.25) is 0 Å². The summed E-state index contributed by atoms with van der Waals surface area (Å²) in [5.41, 5.74) is 4.57. The molecule has 0 bridgehead atoms. The zero-order chi connectivity index (χ0) is 12.8. The maximum Gasteiger partial charge on any atom is -0.00393 e. The monoisotopic (exact) mass is 232 g/mol. The maximum absolute atomic E-state index is 3.87. The van der Waals surface area contributed by atoms with Gasteiger partial charge in [0, 0.05) is 0 Å². The zero-order valence-electron chi connectivity index (χ0n) is 10.3. The molecular weight excluding hydrogens is 216 g/mol. The highest BCUT2D eigenvalue weighted by Crippen LogP contribution is 2.27. The molecule has 0 aliphatic rings. The lowest BCUT2D eigenvalue weighted by Gasteiger charge is -2.11. The minimum absolute atomic E-state index is 1.05. The molecule has 0 aliphatic carbocycles. The molecule has 0 saturated heterocycles. The van der Waals surface area contributed by atoms with E-state index in [1.807, 2.05) is 48.6 Å². The summed E-state index contributed by atoms with van der Waals surface area (Å²) in [7, 11) is 0. The molecule has 0 heteroatoms. The van der Waals surface area contributed by atoms with Crippen LogP contribution in [-0.4, -0.2) is 0 Å². The number of benzene rings is 2. The summed E-state index contributed by atoms with van der Waals surface area (Å²) >= 11 is 0. The molecule has 0 fully saturated rings. The molecule has 0 nitrogen and oxygen atoms in total. The van der Waals surface area contributed by atoms with Gasteiger partial charge in [0.2, 0.25) is 0 Å². The fourth-order valence-corrected chi connectivity index (χ4v) is 2.00. The second kappa shape index (κ2) is 5.83. The van der Waals surface area contributed by atoms with Gasteiger partial charge in [0.15, 0.2) is 0 Å². The highest BCUT2D eigenvalue weighted by Gasteiger charge is 2.07. The van der Waals surface area contributed by atoms with Crippen LogP contribution in [0.4, 0.5) is 0 Å². The van der Waals surface area contributed by atoms with E-state index in [4.69, 9.17) is 0 Å². The topological polar surface area (TPSA) is 0 Å². The molecular formula is C18H16. The Morgan fingerprint density at radius 3 is 1.39 bits per heavy atom. The van der Waals surface area contributed by atoms with E-state index in [-0.39, 0.29) is 0 Å². The van der Waals surface area contributed by atoms with Gasteiger partial charge in [0.05, 0.1) is 0 Å². The second-order valence-corrected chi connectivity index (χ2v) is 3.97. The van der Waals surface area contributed by atoms with Crippen LogP contribution in [0, 0.1) is 0 Å². The largest absolute Gasteiger partial charge is 0.0984 e. The Morgan fingerprint density at radius 1 is 0.667 bits per heavy atom. The first-order valence-corrected chi connectivity index (χ1v) is 5.97. The van der Waals surface area contributed by atoms with Crippen LogP contribution in [0.3, 0.4) is 0 Å². The van der Waals surface area contributed by atoms with Crippen molar-refractivity contribution in [2.24, 2.45) is 0 Å². The fraction of sp³-hybridized carbons (Fsp3) is 0. The first-order chi connectivity index (χ1) is 8.86. The van der Waals surface area contributed by atoms with Crippen molar-refractivity contribution in [1.82, 2.24) is 0 Å². The average molecular weight is 232 g/mol. The molecule has 2 rings (SSSR count). The lowest BCUT2D eigenvalue weighted by atomic mass is 9.93. The van der Waals surface area contributed by atoms with Crippen LogP contribution in [-0.2, 0) is 0 Å². The Bertz CT molecular complexity index is 508. The van der Waals surface area contributed by atoms with Crippen molar-refractivity contribution >= 4 is 5.57 Å². The van der Waals surface area contributed by atoms with Crippen molar-refractivity contribution < 1.29 is 0 Å². The van der Waals surface area contributed by atoms with Gasteiger partial charge in [-0.05, 0) is 22.3 Å². The Kier molecular flexibility index (Phi) is 3.93. The second-order valence-electron chi connectivity index (χ2n) is 3.97. The van der Waals surface area contributed by atoms with Gasteiger partial charge in [-0.2, -0.15) is 0 Å². The Balaban J connectivity index is 2.67. The number of allylic oxidation sites excluding steroid dienone is 3. The van der Waals surface area contributed by atoms with Crippen molar-refractivity contribution in [2.45, 2.75) is 0 Å². The molecule has 18 heavy (non-hydrogen) atoms.